The summed E-state index contributed by atoms with van der Waals surface area (Å²) in [6.07, 6.45) is 11.8. The van der Waals surface area contributed by atoms with E-state index in [-0.39, 0.29) is 0 Å². The third-order valence-electron chi connectivity index (χ3n) is 4.12. The molecule has 0 bridgehead atoms. The SMILES string of the molecule is CC1CCCC(Nc2nc(NN)cn3ccnc23)CC1. The Morgan fingerprint density at radius 1 is 1.30 bits per heavy atom. The number of nitrogens with zero attached hydrogens (tertiary/aromatic N) is 3. The van der Waals surface area contributed by atoms with Crippen molar-refractivity contribution in [1.82, 2.24) is 14.4 Å². The van der Waals surface area contributed by atoms with Crippen molar-refractivity contribution in [3.63, 3.8) is 0 Å². The summed E-state index contributed by atoms with van der Waals surface area (Å²) in [5, 5.41) is 3.56. The van der Waals surface area contributed by atoms with Crippen molar-refractivity contribution in [2.24, 2.45) is 11.8 Å². The highest BCUT2D eigenvalue weighted by atomic mass is 15.3. The summed E-state index contributed by atoms with van der Waals surface area (Å²) in [5.41, 5.74) is 3.45. The zero-order valence-corrected chi connectivity index (χ0v) is 11.8. The lowest BCUT2D eigenvalue weighted by molar-refractivity contribution is 0.502. The van der Waals surface area contributed by atoms with Gasteiger partial charge in [-0.1, -0.05) is 19.8 Å². The highest BCUT2D eigenvalue weighted by Crippen LogP contribution is 2.26. The highest BCUT2D eigenvalue weighted by molar-refractivity contribution is 5.65. The molecule has 1 aliphatic rings. The maximum Gasteiger partial charge on any atom is 0.180 e. The third-order valence-corrected chi connectivity index (χ3v) is 4.12. The van der Waals surface area contributed by atoms with Crippen LogP contribution in [0.4, 0.5) is 11.6 Å². The average molecular weight is 274 g/mol. The molecule has 0 aromatic carbocycles. The number of fused-ring (bicyclic) bond motifs is 1. The summed E-state index contributed by atoms with van der Waals surface area (Å²) in [6.45, 7) is 2.34. The topological polar surface area (TPSA) is 80.3 Å². The van der Waals surface area contributed by atoms with E-state index in [0.29, 0.717) is 11.9 Å². The second-order valence-electron chi connectivity index (χ2n) is 5.73. The second kappa shape index (κ2) is 5.66. The molecule has 0 spiro atoms. The van der Waals surface area contributed by atoms with Crippen molar-refractivity contribution in [3.8, 4) is 0 Å². The van der Waals surface area contributed by atoms with Gasteiger partial charge in [0.25, 0.3) is 0 Å². The van der Waals surface area contributed by atoms with Crippen molar-refractivity contribution in [2.45, 2.75) is 45.1 Å². The van der Waals surface area contributed by atoms with Gasteiger partial charge < -0.3 is 15.1 Å². The minimum Gasteiger partial charge on any atom is -0.364 e. The van der Waals surface area contributed by atoms with Crippen molar-refractivity contribution in [2.75, 3.05) is 10.7 Å². The summed E-state index contributed by atoms with van der Waals surface area (Å²) in [5.74, 6) is 7.76. The maximum atomic E-state index is 5.48. The fraction of sp³-hybridized carbons (Fsp3) is 0.571. The number of anilines is 2. The van der Waals surface area contributed by atoms with Gasteiger partial charge >= 0.3 is 0 Å². The van der Waals surface area contributed by atoms with Gasteiger partial charge in [0.05, 0.1) is 6.20 Å². The normalized spacial score (nSPS) is 23.5. The van der Waals surface area contributed by atoms with Gasteiger partial charge in [0.1, 0.15) is 0 Å². The summed E-state index contributed by atoms with van der Waals surface area (Å²) in [4.78, 5) is 8.87. The minimum atomic E-state index is 0.473. The molecule has 20 heavy (non-hydrogen) atoms. The van der Waals surface area contributed by atoms with E-state index in [1.165, 1.54) is 32.1 Å². The second-order valence-corrected chi connectivity index (χ2v) is 5.73. The van der Waals surface area contributed by atoms with Crippen molar-refractivity contribution in [1.29, 1.82) is 0 Å². The van der Waals surface area contributed by atoms with Crippen LogP contribution in [0.3, 0.4) is 0 Å². The molecule has 0 radical (unpaired) electrons. The van der Waals surface area contributed by atoms with E-state index in [0.717, 1.165) is 17.4 Å². The van der Waals surface area contributed by atoms with E-state index >= 15 is 0 Å². The lowest BCUT2D eigenvalue weighted by atomic mass is 10.0. The van der Waals surface area contributed by atoms with Gasteiger partial charge in [-0.25, -0.2) is 15.8 Å². The molecule has 6 heteroatoms. The smallest absolute Gasteiger partial charge is 0.180 e. The molecule has 4 N–H and O–H groups in total. The fourth-order valence-electron chi connectivity index (χ4n) is 2.92. The molecule has 1 aliphatic carbocycles. The lowest BCUT2D eigenvalue weighted by Gasteiger charge is -2.18. The first kappa shape index (κ1) is 13.2. The lowest BCUT2D eigenvalue weighted by Crippen LogP contribution is -2.21. The van der Waals surface area contributed by atoms with Crippen LogP contribution in [0, 0.1) is 5.92 Å². The molecule has 6 nitrogen and oxygen atoms in total. The first-order valence-electron chi connectivity index (χ1n) is 7.33. The van der Waals surface area contributed by atoms with Gasteiger partial charge in [-0.05, 0) is 25.2 Å². The number of nitrogens with two attached hydrogens (primary N) is 1. The summed E-state index contributed by atoms with van der Waals surface area (Å²) in [7, 11) is 0. The summed E-state index contributed by atoms with van der Waals surface area (Å²) < 4.78 is 1.93. The predicted molar refractivity (Wildman–Crippen MR) is 80.5 cm³/mol. The Kier molecular flexibility index (Phi) is 3.73. The third kappa shape index (κ3) is 2.70. The van der Waals surface area contributed by atoms with Crippen LogP contribution in [0.25, 0.3) is 5.65 Å². The molecule has 108 valence electrons. The first-order valence-corrected chi connectivity index (χ1v) is 7.33. The average Bonchev–Trinajstić information content (AvgIpc) is 2.83. The highest BCUT2D eigenvalue weighted by Gasteiger charge is 2.18. The van der Waals surface area contributed by atoms with E-state index in [1.54, 1.807) is 6.20 Å². The summed E-state index contributed by atoms with van der Waals surface area (Å²) in [6, 6.07) is 0.473. The Hall–Kier alpha value is -1.82. The molecule has 1 saturated carbocycles. The monoisotopic (exact) mass is 274 g/mol. The standard InChI is InChI=1S/C14H22N6/c1-10-3-2-4-11(6-5-10)17-13-14-16-7-8-20(14)9-12(18-13)19-15/h7-11,19H,2-6,15H2,1H3,(H,17,18). The molecule has 2 unspecified atom stereocenters. The Labute approximate surface area is 118 Å². The number of hydrazine groups is 1. The van der Waals surface area contributed by atoms with E-state index in [4.69, 9.17) is 5.84 Å². The molecule has 0 aliphatic heterocycles. The van der Waals surface area contributed by atoms with Gasteiger partial charge in [-0.15, -0.1) is 0 Å². The number of rotatable bonds is 3. The Morgan fingerprint density at radius 2 is 2.20 bits per heavy atom. The van der Waals surface area contributed by atoms with Crippen molar-refractivity contribution < 1.29 is 0 Å². The minimum absolute atomic E-state index is 0.473. The number of aromatic nitrogens is 3. The van der Waals surface area contributed by atoms with Crippen LogP contribution in [-0.4, -0.2) is 20.4 Å². The molecule has 2 atom stereocenters. The number of imidazole rings is 1. The number of nitrogens with one attached hydrogen (secondary N) is 2. The van der Waals surface area contributed by atoms with Crippen LogP contribution >= 0.6 is 0 Å². The predicted octanol–water partition coefficient (Wildman–Crippen LogP) is 2.40. The molecule has 1 fully saturated rings. The number of hydrogen-bond donors (Lipinski definition) is 3. The van der Waals surface area contributed by atoms with E-state index < -0.39 is 0 Å². The zero-order valence-electron chi connectivity index (χ0n) is 11.8. The fourth-order valence-corrected chi connectivity index (χ4v) is 2.92. The first-order chi connectivity index (χ1) is 9.76. The van der Waals surface area contributed by atoms with E-state index in [2.05, 4.69) is 27.6 Å². The van der Waals surface area contributed by atoms with Gasteiger partial charge in [0.2, 0.25) is 0 Å². The van der Waals surface area contributed by atoms with Crippen LogP contribution in [0.2, 0.25) is 0 Å². The van der Waals surface area contributed by atoms with Crippen LogP contribution in [0.15, 0.2) is 18.6 Å². The maximum absolute atomic E-state index is 5.48. The van der Waals surface area contributed by atoms with Gasteiger partial charge in [-0.2, -0.15) is 0 Å². The van der Waals surface area contributed by atoms with Gasteiger partial charge in [0, 0.05) is 18.4 Å². The summed E-state index contributed by atoms with van der Waals surface area (Å²) >= 11 is 0. The van der Waals surface area contributed by atoms with Crippen molar-refractivity contribution in [3.05, 3.63) is 18.6 Å². The van der Waals surface area contributed by atoms with Crippen molar-refractivity contribution >= 4 is 17.3 Å². The Morgan fingerprint density at radius 3 is 3.05 bits per heavy atom. The largest absolute Gasteiger partial charge is 0.364 e. The van der Waals surface area contributed by atoms with Gasteiger partial charge in [0.15, 0.2) is 17.3 Å². The number of hydrogen-bond acceptors (Lipinski definition) is 5. The van der Waals surface area contributed by atoms with E-state index in [1.807, 2.05) is 16.8 Å². The Bertz CT molecular complexity index is 578. The van der Waals surface area contributed by atoms with Crippen LogP contribution in [0.5, 0.6) is 0 Å². The molecule has 0 saturated heterocycles. The van der Waals surface area contributed by atoms with E-state index in [9.17, 15) is 0 Å². The zero-order chi connectivity index (χ0) is 13.9. The quantitative estimate of drug-likeness (QED) is 0.455. The van der Waals surface area contributed by atoms with Gasteiger partial charge in [-0.3, -0.25) is 0 Å². The molecular weight excluding hydrogens is 252 g/mol. The Balaban J connectivity index is 1.84. The molecule has 2 aromatic rings. The molecule has 2 heterocycles. The molecule has 2 aromatic heterocycles. The molecular formula is C14H22N6. The van der Waals surface area contributed by atoms with Crippen LogP contribution in [-0.2, 0) is 0 Å². The molecule has 0 amide bonds. The number of nitrogen functional groups attached to an aromatic ring is 1. The van der Waals surface area contributed by atoms with Crippen LogP contribution < -0.4 is 16.6 Å². The molecule has 3 rings (SSSR count). The van der Waals surface area contributed by atoms with Crippen LogP contribution in [0.1, 0.15) is 39.0 Å².